The number of aryl methyl sites for hydroxylation is 1. The van der Waals surface area contributed by atoms with Crippen molar-refractivity contribution in [3.05, 3.63) is 63.1 Å². The van der Waals surface area contributed by atoms with E-state index in [2.05, 4.69) is 25.9 Å². The molecule has 7 heteroatoms. The average Bonchev–Trinajstić information content (AvgIpc) is 2.50. The number of fused-ring (bicyclic) bond motifs is 1. The van der Waals surface area contributed by atoms with Crippen molar-refractivity contribution in [2.75, 3.05) is 0 Å². The summed E-state index contributed by atoms with van der Waals surface area (Å²) in [7, 11) is 0. The van der Waals surface area contributed by atoms with Gasteiger partial charge in [-0.3, -0.25) is 15.1 Å². The second-order valence-corrected chi connectivity index (χ2v) is 5.36. The van der Waals surface area contributed by atoms with Gasteiger partial charge in [0.1, 0.15) is 10.4 Å². The number of nitro benzene ring substituents is 1. The molecule has 2 aromatic heterocycles. The molecule has 0 aliphatic heterocycles. The van der Waals surface area contributed by atoms with Crippen LogP contribution in [0.2, 0.25) is 0 Å². The number of hydrogen-bond acceptors (Lipinski definition) is 5. The average molecular weight is 360 g/mol. The molecule has 6 nitrogen and oxygen atoms in total. The Morgan fingerprint density at radius 2 is 1.91 bits per heavy atom. The van der Waals surface area contributed by atoms with Crippen molar-refractivity contribution >= 4 is 32.4 Å². The molecule has 0 fully saturated rings. The van der Waals surface area contributed by atoms with Crippen molar-refractivity contribution in [2.24, 2.45) is 0 Å². The Morgan fingerprint density at radius 3 is 2.64 bits per heavy atom. The zero-order valence-corrected chi connectivity index (χ0v) is 13.1. The summed E-state index contributed by atoms with van der Waals surface area (Å²) < 4.78 is 6.43. The molecule has 1 aromatic carbocycles. The predicted octanol–water partition coefficient (Wildman–Crippen LogP) is 4.40. The standard InChI is InChI=1S/C15H10BrN3O3/c1-9-2-4-14(15(16)18-9)22-13-5-3-12(19(20)21)11-8-17-7-6-10(11)13/h2-8H,1H3. The van der Waals surface area contributed by atoms with Crippen LogP contribution in [-0.2, 0) is 0 Å². The molecule has 0 N–H and O–H groups in total. The van der Waals surface area contributed by atoms with E-state index in [1.54, 1.807) is 24.4 Å². The molecule has 110 valence electrons. The van der Waals surface area contributed by atoms with E-state index in [-0.39, 0.29) is 5.69 Å². The number of non-ortho nitro benzene ring substituents is 1. The van der Waals surface area contributed by atoms with Crippen molar-refractivity contribution in [3.63, 3.8) is 0 Å². The van der Waals surface area contributed by atoms with Crippen LogP contribution in [0.15, 0.2) is 47.3 Å². The van der Waals surface area contributed by atoms with Crippen LogP contribution in [0.3, 0.4) is 0 Å². The molecular weight excluding hydrogens is 350 g/mol. The molecule has 0 bridgehead atoms. The SMILES string of the molecule is Cc1ccc(Oc2ccc([N+](=O)[O-])c3cnccc23)c(Br)n1. The third-order valence-corrected chi connectivity index (χ3v) is 3.69. The number of benzene rings is 1. The van der Waals surface area contributed by atoms with Crippen LogP contribution in [0, 0.1) is 17.0 Å². The molecule has 0 radical (unpaired) electrons. The van der Waals surface area contributed by atoms with Gasteiger partial charge in [-0.25, -0.2) is 4.98 Å². The van der Waals surface area contributed by atoms with E-state index in [1.807, 2.05) is 13.0 Å². The zero-order chi connectivity index (χ0) is 15.7. The summed E-state index contributed by atoms with van der Waals surface area (Å²) in [6, 6.07) is 8.30. The second-order valence-electron chi connectivity index (χ2n) is 4.60. The lowest BCUT2D eigenvalue weighted by Crippen LogP contribution is -1.94. The van der Waals surface area contributed by atoms with Crippen LogP contribution in [0.5, 0.6) is 11.5 Å². The number of nitrogens with zero attached hydrogens (tertiary/aromatic N) is 3. The van der Waals surface area contributed by atoms with Gasteiger partial charge in [0, 0.05) is 29.5 Å². The first-order chi connectivity index (χ1) is 10.6. The monoisotopic (exact) mass is 359 g/mol. The Bertz CT molecular complexity index is 883. The lowest BCUT2D eigenvalue weighted by atomic mass is 10.1. The molecule has 0 unspecified atom stereocenters. The summed E-state index contributed by atoms with van der Waals surface area (Å²) in [5, 5.41) is 12.1. The molecule has 0 aliphatic rings. The van der Waals surface area contributed by atoms with Crippen LogP contribution >= 0.6 is 15.9 Å². The lowest BCUT2D eigenvalue weighted by molar-refractivity contribution is -0.383. The van der Waals surface area contributed by atoms with Gasteiger partial charge in [-0.1, -0.05) is 0 Å². The van der Waals surface area contributed by atoms with Gasteiger partial charge in [-0.2, -0.15) is 0 Å². The third kappa shape index (κ3) is 2.62. The fourth-order valence-electron chi connectivity index (χ4n) is 2.10. The number of pyridine rings is 2. The van der Waals surface area contributed by atoms with Gasteiger partial charge in [-0.15, -0.1) is 0 Å². The third-order valence-electron chi connectivity index (χ3n) is 3.13. The summed E-state index contributed by atoms with van der Waals surface area (Å²) in [6.45, 7) is 1.88. The summed E-state index contributed by atoms with van der Waals surface area (Å²) in [6.07, 6.45) is 3.03. The minimum atomic E-state index is -0.433. The van der Waals surface area contributed by atoms with E-state index < -0.39 is 4.92 Å². The molecule has 0 atom stereocenters. The van der Waals surface area contributed by atoms with Crippen molar-refractivity contribution in [2.45, 2.75) is 6.92 Å². The molecule has 0 aliphatic carbocycles. The van der Waals surface area contributed by atoms with E-state index >= 15 is 0 Å². The van der Waals surface area contributed by atoms with E-state index in [4.69, 9.17) is 4.74 Å². The Labute approximate surface area is 134 Å². The number of rotatable bonds is 3. The summed E-state index contributed by atoms with van der Waals surface area (Å²) in [5.74, 6) is 1.05. The molecule has 0 spiro atoms. The maximum Gasteiger partial charge on any atom is 0.279 e. The van der Waals surface area contributed by atoms with Crippen LogP contribution in [-0.4, -0.2) is 14.9 Å². The van der Waals surface area contributed by atoms with Crippen molar-refractivity contribution in [1.29, 1.82) is 0 Å². The quantitative estimate of drug-likeness (QED) is 0.393. The van der Waals surface area contributed by atoms with Crippen LogP contribution in [0.25, 0.3) is 10.8 Å². The first-order valence-electron chi connectivity index (χ1n) is 6.38. The van der Waals surface area contributed by atoms with Gasteiger partial charge >= 0.3 is 0 Å². The minimum Gasteiger partial charge on any atom is -0.454 e. The predicted molar refractivity (Wildman–Crippen MR) is 85.1 cm³/mol. The number of aromatic nitrogens is 2. The van der Waals surface area contributed by atoms with E-state index in [0.717, 1.165) is 5.69 Å². The second kappa shape index (κ2) is 5.69. The summed E-state index contributed by atoms with van der Waals surface area (Å²) >= 11 is 3.35. The highest BCUT2D eigenvalue weighted by atomic mass is 79.9. The van der Waals surface area contributed by atoms with Crippen molar-refractivity contribution < 1.29 is 9.66 Å². The molecule has 0 amide bonds. The molecule has 0 saturated carbocycles. The lowest BCUT2D eigenvalue weighted by Gasteiger charge is -2.10. The number of halogens is 1. The maximum atomic E-state index is 11.1. The number of nitro groups is 1. The topological polar surface area (TPSA) is 78.2 Å². The van der Waals surface area contributed by atoms with Gasteiger partial charge in [0.05, 0.1) is 10.3 Å². The Balaban J connectivity index is 2.12. The fraction of sp³-hybridized carbons (Fsp3) is 0.0667. The summed E-state index contributed by atoms with van der Waals surface area (Å²) in [5.41, 5.74) is 0.855. The largest absolute Gasteiger partial charge is 0.454 e. The van der Waals surface area contributed by atoms with Gasteiger partial charge < -0.3 is 4.74 Å². The van der Waals surface area contributed by atoms with E-state index in [1.165, 1.54) is 12.3 Å². The molecule has 22 heavy (non-hydrogen) atoms. The first kappa shape index (κ1) is 14.4. The molecular formula is C15H10BrN3O3. The highest BCUT2D eigenvalue weighted by Gasteiger charge is 2.16. The Morgan fingerprint density at radius 1 is 1.14 bits per heavy atom. The van der Waals surface area contributed by atoms with Crippen LogP contribution < -0.4 is 4.74 Å². The fourth-order valence-corrected chi connectivity index (χ4v) is 2.60. The highest BCUT2D eigenvalue weighted by molar-refractivity contribution is 9.10. The molecule has 2 heterocycles. The van der Waals surface area contributed by atoms with Gasteiger partial charge in [0.15, 0.2) is 5.75 Å². The number of ether oxygens (including phenoxy) is 1. The zero-order valence-electron chi connectivity index (χ0n) is 11.5. The Kier molecular flexibility index (Phi) is 3.72. The first-order valence-corrected chi connectivity index (χ1v) is 7.17. The normalized spacial score (nSPS) is 10.6. The van der Waals surface area contributed by atoms with Crippen molar-refractivity contribution in [1.82, 2.24) is 9.97 Å². The smallest absolute Gasteiger partial charge is 0.279 e. The molecule has 0 saturated heterocycles. The minimum absolute atomic E-state index is 0.00320. The van der Waals surface area contributed by atoms with Gasteiger partial charge in [0.25, 0.3) is 5.69 Å². The van der Waals surface area contributed by atoms with Crippen molar-refractivity contribution in [3.8, 4) is 11.5 Å². The van der Waals surface area contributed by atoms with Gasteiger partial charge in [0.2, 0.25) is 0 Å². The summed E-state index contributed by atoms with van der Waals surface area (Å²) in [4.78, 5) is 18.9. The molecule has 3 rings (SSSR count). The highest BCUT2D eigenvalue weighted by Crippen LogP contribution is 2.36. The maximum absolute atomic E-state index is 11.1. The molecule has 3 aromatic rings. The van der Waals surface area contributed by atoms with Gasteiger partial charge in [-0.05, 0) is 47.1 Å². The van der Waals surface area contributed by atoms with Crippen LogP contribution in [0.1, 0.15) is 5.69 Å². The van der Waals surface area contributed by atoms with Crippen LogP contribution in [0.4, 0.5) is 5.69 Å². The number of hydrogen-bond donors (Lipinski definition) is 0. The Hall–Kier alpha value is -2.54. The van der Waals surface area contributed by atoms with E-state index in [0.29, 0.717) is 26.9 Å². The van der Waals surface area contributed by atoms with E-state index in [9.17, 15) is 10.1 Å².